The average molecular weight is 167 g/mol. The number of aryl methyl sites for hydroxylation is 2. The minimum Gasteiger partial charge on any atom is -0.314 e. The van der Waals surface area contributed by atoms with E-state index in [1.807, 2.05) is 7.05 Å². The largest absolute Gasteiger partial charge is 0.314 e. The zero-order valence-electron chi connectivity index (χ0n) is 8.09. The Morgan fingerprint density at radius 2 is 2.25 bits per heavy atom. The molecule has 0 saturated heterocycles. The molecule has 1 aromatic heterocycles. The number of aromatic nitrogens is 2. The Morgan fingerprint density at radius 3 is 2.67 bits per heavy atom. The quantitative estimate of drug-likeness (QED) is 0.730. The first-order chi connectivity index (χ1) is 5.81. The lowest BCUT2D eigenvalue weighted by atomic mass is 10.3. The van der Waals surface area contributed by atoms with Crippen LogP contribution < -0.4 is 5.32 Å². The molecule has 1 heterocycles. The first-order valence-corrected chi connectivity index (χ1v) is 4.52. The molecule has 1 N–H and O–H groups in total. The van der Waals surface area contributed by atoms with Gasteiger partial charge in [-0.05, 0) is 26.5 Å². The average Bonchev–Trinajstić information content (AvgIpc) is 2.48. The van der Waals surface area contributed by atoms with Crippen LogP contribution in [-0.2, 0) is 19.5 Å². The molecule has 0 aliphatic heterocycles. The molecule has 0 fully saturated rings. The predicted octanol–water partition coefficient (Wildman–Crippen LogP) is 1.18. The van der Waals surface area contributed by atoms with Gasteiger partial charge in [-0.25, -0.2) is 0 Å². The highest BCUT2D eigenvalue weighted by Crippen LogP contribution is 2.04. The van der Waals surface area contributed by atoms with Gasteiger partial charge in [-0.2, -0.15) is 5.10 Å². The lowest BCUT2D eigenvalue weighted by Crippen LogP contribution is -2.06. The molecule has 1 rings (SSSR count). The highest BCUT2D eigenvalue weighted by molar-refractivity contribution is 5.10. The normalized spacial score (nSPS) is 10.6. The van der Waals surface area contributed by atoms with Crippen LogP contribution >= 0.6 is 0 Å². The van der Waals surface area contributed by atoms with Gasteiger partial charge >= 0.3 is 0 Å². The molecule has 68 valence electrons. The van der Waals surface area contributed by atoms with E-state index in [-0.39, 0.29) is 0 Å². The van der Waals surface area contributed by atoms with Crippen molar-refractivity contribution in [3.63, 3.8) is 0 Å². The molecule has 0 aromatic carbocycles. The summed E-state index contributed by atoms with van der Waals surface area (Å²) in [5, 5.41) is 7.54. The minimum atomic E-state index is 0.861. The summed E-state index contributed by atoms with van der Waals surface area (Å²) in [6, 6.07) is 2.17. The zero-order valence-corrected chi connectivity index (χ0v) is 8.09. The van der Waals surface area contributed by atoms with E-state index in [4.69, 9.17) is 0 Å². The summed E-state index contributed by atoms with van der Waals surface area (Å²) in [5.41, 5.74) is 2.46. The van der Waals surface area contributed by atoms with E-state index in [0.29, 0.717) is 0 Å². The lowest BCUT2D eigenvalue weighted by molar-refractivity contribution is 0.611. The van der Waals surface area contributed by atoms with Crippen LogP contribution in [0.15, 0.2) is 6.07 Å². The molecule has 0 amide bonds. The summed E-state index contributed by atoms with van der Waals surface area (Å²) in [5.74, 6) is 0. The molecular formula is C9H17N3. The van der Waals surface area contributed by atoms with E-state index in [9.17, 15) is 0 Å². The maximum absolute atomic E-state index is 4.44. The van der Waals surface area contributed by atoms with Gasteiger partial charge in [-0.3, -0.25) is 4.68 Å². The summed E-state index contributed by atoms with van der Waals surface area (Å²) in [7, 11) is 1.94. The molecule has 0 saturated carbocycles. The van der Waals surface area contributed by atoms with E-state index in [0.717, 1.165) is 25.2 Å². The number of rotatable bonds is 4. The third-order valence-corrected chi connectivity index (χ3v) is 1.93. The van der Waals surface area contributed by atoms with E-state index < -0.39 is 0 Å². The number of hydrogen-bond acceptors (Lipinski definition) is 2. The second-order valence-corrected chi connectivity index (χ2v) is 2.83. The highest BCUT2D eigenvalue weighted by Gasteiger charge is 2.02. The standard InChI is InChI=1S/C9H17N3/c1-4-9-6-8(7-10-3)11-12(9)5-2/h6,10H,4-5,7H2,1-3H3. The predicted molar refractivity (Wildman–Crippen MR) is 50.0 cm³/mol. The maximum Gasteiger partial charge on any atom is 0.0765 e. The lowest BCUT2D eigenvalue weighted by Gasteiger charge is -1.99. The Morgan fingerprint density at radius 1 is 1.50 bits per heavy atom. The molecule has 3 heteroatoms. The van der Waals surface area contributed by atoms with Crippen molar-refractivity contribution < 1.29 is 0 Å². The minimum absolute atomic E-state index is 0.861. The van der Waals surface area contributed by atoms with Gasteiger partial charge in [0.1, 0.15) is 0 Å². The second kappa shape index (κ2) is 4.26. The summed E-state index contributed by atoms with van der Waals surface area (Å²) in [6.45, 7) is 6.11. The van der Waals surface area contributed by atoms with Crippen molar-refractivity contribution in [2.24, 2.45) is 0 Å². The molecule has 1 aromatic rings. The summed E-state index contributed by atoms with van der Waals surface area (Å²) >= 11 is 0. The van der Waals surface area contributed by atoms with Gasteiger partial charge in [-0.1, -0.05) is 6.92 Å². The Kier molecular flexibility index (Phi) is 3.29. The molecule has 0 atom stereocenters. The van der Waals surface area contributed by atoms with Gasteiger partial charge in [0.05, 0.1) is 5.69 Å². The van der Waals surface area contributed by atoms with Crippen LogP contribution in [0.2, 0.25) is 0 Å². The topological polar surface area (TPSA) is 29.9 Å². The fourth-order valence-corrected chi connectivity index (χ4v) is 1.34. The van der Waals surface area contributed by atoms with Crippen LogP contribution in [0.4, 0.5) is 0 Å². The Balaban J connectivity index is 2.81. The van der Waals surface area contributed by atoms with Gasteiger partial charge < -0.3 is 5.32 Å². The maximum atomic E-state index is 4.44. The van der Waals surface area contributed by atoms with Crippen molar-refractivity contribution in [3.8, 4) is 0 Å². The van der Waals surface area contributed by atoms with Gasteiger partial charge in [0.25, 0.3) is 0 Å². The smallest absolute Gasteiger partial charge is 0.0765 e. The SMILES string of the molecule is CCc1cc(CNC)nn1CC. The van der Waals surface area contributed by atoms with Gasteiger partial charge in [0, 0.05) is 18.8 Å². The van der Waals surface area contributed by atoms with E-state index in [1.165, 1.54) is 5.69 Å². The van der Waals surface area contributed by atoms with Crippen LogP contribution in [0, 0.1) is 0 Å². The second-order valence-electron chi connectivity index (χ2n) is 2.83. The van der Waals surface area contributed by atoms with Crippen LogP contribution in [0.5, 0.6) is 0 Å². The number of hydrogen-bond donors (Lipinski definition) is 1. The summed E-state index contributed by atoms with van der Waals surface area (Å²) < 4.78 is 2.06. The Bertz CT molecular complexity index is 218. The van der Waals surface area contributed by atoms with E-state index in [2.05, 4.69) is 35.0 Å². The molecule has 0 spiro atoms. The van der Waals surface area contributed by atoms with Crippen molar-refractivity contribution in [2.75, 3.05) is 7.05 Å². The number of nitrogens with zero attached hydrogens (tertiary/aromatic N) is 2. The van der Waals surface area contributed by atoms with Gasteiger partial charge in [0.15, 0.2) is 0 Å². The van der Waals surface area contributed by atoms with Crippen LogP contribution in [-0.4, -0.2) is 16.8 Å². The van der Waals surface area contributed by atoms with E-state index in [1.54, 1.807) is 0 Å². The van der Waals surface area contributed by atoms with Crippen molar-refractivity contribution >= 4 is 0 Å². The molecule has 0 bridgehead atoms. The fraction of sp³-hybridized carbons (Fsp3) is 0.667. The van der Waals surface area contributed by atoms with Crippen molar-refractivity contribution in [3.05, 3.63) is 17.5 Å². The summed E-state index contributed by atoms with van der Waals surface area (Å²) in [4.78, 5) is 0. The molecule has 0 aliphatic rings. The highest BCUT2D eigenvalue weighted by atomic mass is 15.3. The zero-order chi connectivity index (χ0) is 8.97. The first-order valence-electron chi connectivity index (χ1n) is 4.52. The molecular weight excluding hydrogens is 150 g/mol. The molecule has 0 radical (unpaired) electrons. The first kappa shape index (κ1) is 9.26. The molecule has 0 unspecified atom stereocenters. The van der Waals surface area contributed by atoms with Crippen molar-refractivity contribution in [1.82, 2.24) is 15.1 Å². The van der Waals surface area contributed by atoms with E-state index >= 15 is 0 Å². The third-order valence-electron chi connectivity index (χ3n) is 1.93. The Labute approximate surface area is 73.8 Å². The van der Waals surface area contributed by atoms with Crippen LogP contribution in [0.25, 0.3) is 0 Å². The Hall–Kier alpha value is -0.830. The third kappa shape index (κ3) is 1.85. The molecule has 0 aliphatic carbocycles. The van der Waals surface area contributed by atoms with Crippen LogP contribution in [0.3, 0.4) is 0 Å². The van der Waals surface area contributed by atoms with Crippen LogP contribution in [0.1, 0.15) is 25.2 Å². The fourth-order valence-electron chi connectivity index (χ4n) is 1.34. The molecule has 12 heavy (non-hydrogen) atoms. The monoisotopic (exact) mass is 167 g/mol. The van der Waals surface area contributed by atoms with Crippen molar-refractivity contribution in [2.45, 2.75) is 33.4 Å². The molecule has 3 nitrogen and oxygen atoms in total. The van der Waals surface area contributed by atoms with Gasteiger partial charge in [0.2, 0.25) is 0 Å². The summed E-state index contributed by atoms with van der Waals surface area (Å²) in [6.07, 6.45) is 1.06. The van der Waals surface area contributed by atoms with Crippen molar-refractivity contribution in [1.29, 1.82) is 0 Å². The van der Waals surface area contributed by atoms with Gasteiger partial charge in [-0.15, -0.1) is 0 Å². The number of nitrogens with one attached hydrogen (secondary N) is 1.